The molecule has 24 heavy (non-hydrogen) atoms. The van der Waals surface area contributed by atoms with Gasteiger partial charge in [-0.25, -0.2) is 4.98 Å². The monoisotopic (exact) mass is 314 g/mol. The summed E-state index contributed by atoms with van der Waals surface area (Å²) in [4.78, 5) is 18.6. The summed E-state index contributed by atoms with van der Waals surface area (Å²) >= 11 is 0. The third-order valence-corrected chi connectivity index (χ3v) is 4.42. The van der Waals surface area contributed by atoms with E-state index in [1.807, 2.05) is 36.4 Å². The lowest BCUT2D eigenvalue weighted by molar-refractivity contribution is 0.0817. The molecule has 2 N–H and O–H groups in total. The van der Waals surface area contributed by atoms with Crippen molar-refractivity contribution >= 4 is 22.5 Å². The van der Waals surface area contributed by atoms with E-state index in [2.05, 4.69) is 6.07 Å². The number of hydrogen-bond acceptors (Lipinski definition) is 4. The Balaban J connectivity index is 2.07. The van der Waals surface area contributed by atoms with Gasteiger partial charge in [0.05, 0.1) is 40.6 Å². The lowest BCUT2D eigenvalue weighted by atomic mass is 9.96. The van der Waals surface area contributed by atoms with E-state index in [-0.39, 0.29) is 5.91 Å². The van der Waals surface area contributed by atoms with Gasteiger partial charge in [-0.2, -0.15) is 5.26 Å². The van der Waals surface area contributed by atoms with Crippen molar-refractivity contribution in [2.45, 2.75) is 6.54 Å². The lowest BCUT2D eigenvalue weighted by Gasteiger charge is -2.11. The van der Waals surface area contributed by atoms with Crippen molar-refractivity contribution < 1.29 is 4.79 Å². The highest BCUT2D eigenvalue weighted by Gasteiger charge is 2.30. The largest absolute Gasteiger partial charge is 0.397 e. The number of hydrogen-bond donors (Lipinski definition) is 1. The summed E-state index contributed by atoms with van der Waals surface area (Å²) in [5, 5.41) is 10.1. The van der Waals surface area contributed by atoms with Gasteiger partial charge >= 0.3 is 0 Å². The number of benzene rings is 2. The molecule has 4 rings (SSSR count). The smallest absolute Gasteiger partial charge is 0.258 e. The number of pyridine rings is 1. The van der Waals surface area contributed by atoms with Crippen molar-refractivity contribution in [3.63, 3.8) is 0 Å². The number of fused-ring (bicyclic) bond motifs is 2. The van der Waals surface area contributed by atoms with E-state index in [4.69, 9.17) is 10.7 Å². The number of carbonyl (C=O) groups is 1. The van der Waals surface area contributed by atoms with Crippen molar-refractivity contribution in [2.75, 3.05) is 12.8 Å². The van der Waals surface area contributed by atoms with Crippen LogP contribution in [0.2, 0.25) is 0 Å². The molecule has 2 heterocycles. The Kier molecular flexibility index (Phi) is 3.00. The number of para-hydroxylation sites is 1. The number of anilines is 1. The minimum atomic E-state index is -0.0975. The van der Waals surface area contributed by atoms with Crippen molar-refractivity contribution in [1.29, 1.82) is 5.26 Å². The molecule has 0 saturated heterocycles. The Morgan fingerprint density at radius 1 is 1.17 bits per heavy atom. The van der Waals surface area contributed by atoms with Gasteiger partial charge in [-0.05, 0) is 6.07 Å². The van der Waals surface area contributed by atoms with Gasteiger partial charge in [0.2, 0.25) is 0 Å². The molecular formula is C19H14N4O. The van der Waals surface area contributed by atoms with Crippen LogP contribution in [-0.4, -0.2) is 22.8 Å². The predicted octanol–water partition coefficient (Wildman–Crippen LogP) is 2.94. The van der Waals surface area contributed by atoms with Gasteiger partial charge in [0.1, 0.15) is 0 Å². The molecule has 0 saturated carbocycles. The SMILES string of the molecule is CN1Cc2nc3c(-c4ccccc4C#N)cccc3c(N)c2C1=O. The van der Waals surface area contributed by atoms with Crippen LogP contribution in [0.4, 0.5) is 5.69 Å². The second-order valence-corrected chi connectivity index (χ2v) is 5.87. The molecule has 2 aromatic carbocycles. The Hall–Kier alpha value is -3.39. The Morgan fingerprint density at radius 2 is 1.92 bits per heavy atom. The number of carbonyl (C=O) groups excluding carboxylic acids is 1. The highest BCUT2D eigenvalue weighted by atomic mass is 16.2. The van der Waals surface area contributed by atoms with Crippen LogP contribution in [0.3, 0.4) is 0 Å². The van der Waals surface area contributed by atoms with Gasteiger partial charge < -0.3 is 10.6 Å². The molecule has 3 aromatic rings. The van der Waals surface area contributed by atoms with Crippen LogP contribution in [-0.2, 0) is 6.54 Å². The number of amides is 1. The number of nitrogens with two attached hydrogens (primary N) is 1. The number of aromatic nitrogens is 1. The van der Waals surface area contributed by atoms with Crippen LogP contribution in [0.1, 0.15) is 21.6 Å². The van der Waals surface area contributed by atoms with Crippen LogP contribution in [0, 0.1) is 11.3 Å². The first-order chi connectivity index (χ1) is 11.6. The zero-order valence-electron chi connectivity index (χ0n) is 13.1. The topological polar surface area (TPSA) is 83.0 Å². The average Bonchev–Trinajstić information content (AvgIpc) is 2.89. The summed E-state index contributed by atoms with van der Waals surface area (Å²) < 4.78 is 0. The summed E-state index contributed by atoms with van der Waals surface area (Å²) in [5.41, 5.74) is 10.9. The van der Waals surface area contributed by atoms with E-state index in [0.717, 1.165) is 22.0 Å². The summed E-state index contributed by atoms with van der Waals surface area (Å²) in [7, 11) is 1.74. The maximum absolute atomic E-state index is 12.3. The molecule has 1 aliphatic rings. The molecule has 0 fully saturated rings. The van der Waals surface area contributed by atoms with E-state index in [9.17, 15) is 10.1 Å². The van der Waals surface area contributed by atoms with Gasteiger partial charge in [0.15, 0.2) is 0 Å². The molecule has 5 nitrogen and oxygen atoms in total. The molecule has 0 radical (unpaired) electrons. The third-order valence-electron chi connectivity index (χ3n) is 4.42. The number of nitriles is 1. The summed E-state index contributed by atoms with van der Waals surface area (Å²) in [5.74, 6) is -0.0975. The minimum Gasteiger partial charge on any atom is -0.397 e. The Labute approximate surface area is 138 Å². The Bertz CT molecular complexity index is 1050. The molecule has 0 aliphatic carbocycles. The molecular weight excluding hydrogens is 300 g/mol. The first-order valence-corrected chi connectivity index (χ1v) is 7.58. The van der Waals surface area contributed by atoms with E-state index < -0.39 is 0 Å². The molecule has 0 unspecified atom stereocenters. The molecule has 116 valence electrons. The van der Waals surface area contributed by atoms with Crippen LogP contribution in [0.15, 0.2) is 42.5 Å². The molecule has 5 heteroatoms. The van der Waals surface area contributed by atoms with Crippen molar-refractivity contribution in [3.8, 4) is 17.2 Å². The second kappa shape index (κ2) is 5.07. The standard InChI is InChI=1S/C19H14N4O/c1-23-10-15-16(19(23)24)17(21)14-8-4-7-13(18(14)22-15)12-6-3-2-5-11(12)9-20/h2-8H,10H2,1H3,(H2,21,22). The summed E-state index contributed by atoms with van der Waals surface area (Å²) in [6.45, 7) is 0.447. The maximum Gasteiger partial charge on any atom is 0.258 e. The van der Waals surface area contributed by atoms with Crippen molar-refractivity contribution in [2.24, 2.45) is 0 Å². The normalized spacial score (nSPS) is 13.2. The second-order valence-electron chi connectivity index (χ2n) is 5.87. The lowest BCUT2D eigenvalue weighted by Crippen LogP contribution is -2.18. The molecule has 0 bridgehead atoms. The quantitative estimate of drug-likeness (QED) is 0.748. The van der Waals surface area contributed by atoms with E-state index >= 15 is 0 Å². The zero-order valence-corrected chi connectivity index (χ0v) is 13.1. The minimum absolute atomic E-state index is 0.0975. The van der Waals surface area contributed by atoms with Gasteiger partial charge in [-0.15, -0.1) is 0 Å². The molecule has 1 aliphatic heterocycles. The van der Waals surface area contributed by atoms with Crippen LogP contribution < -0.4 is 5.73 Å². The van der Waals surface area contributed by atoms with Gasteiger partial charge in [0.25, 0.3) is 5.91 Å². The summed E-state index contributed by atoms with van der Waals surface area (Å²) in [6, 6.07) is 15.3. The van der Waals surface area contributed by atoms with Gasteiger partial charge in [-0.3, -0.25) is 4.79 Å². The fourth-order valence-corrected chi connectivity index (χ4v) is 3.24. The first kappa shape index (κ1) is 14.2. The molecule has 0 spiro atoms. The van der Waals surface area contributed by atoms with Crippen LogP contribution >= 0.6 is 0 Å². The van der Waals surface area contributed by atoms with Crippen molar-refractivity contribution in [3.05, 3.63) is 59.3 Å². The van der Waals surface area contributed by atoms with Gasteiger partial charge in [-0.1, -0.05) is 36.4 Å². The highest BCUT2D eigenvalue weighted by molar-refractivity contribution is 6.11. The predicted molar refractivity (Wildman–Crippen MR) is 92.1 cm³/mol. The van der Waals surface area contributed by atoms with E-state index in [0.29, 0.717) is 29.1 Å². The van der Waals surface area contributed by atoms with E-state index in [1.54, 1.807) is 18.0 Å². The van der Waals surface area contributed by atoms with Crippen LogP contribution in [0.25, 0.3) is 22.0 Å². The van der Waals surface area contributed by atoms with E-state index in [1.165, 1.54) is 0 Å². The fraction of sp³-hybridized carbons (Fsp3) is 0.105. The van der Waals surface area contributed by atoms with Gasteiger partial charge in [0, 0.05) is 23.6 Å². The summed E-state index contributed by atoms with van der Waals surface area (Å²) in [6.07, 6.45) is 0. The fourth-order valence-electron chi connectivity index (χ4n) is 3.24. The maximum atomic E-state index is 12.3. The zero-order chi connectivity index (χ0) is 16.8. The number of nitrogens with zero attached hydrogens (tertiary/aromatic N) is 3. The highest BCUT2D eigenvalue weighted by Crippen LogP contribution is 2.36. The third kappa shape index (κ3) is 1.87. The molecule has 1 aromatic heterocycles. The average molecular weight is 314 g/mol. The van der Waals surface area contributed by atoms with Crippen molar-refractivity contribution in [1.82, 2.24) is 9.88 Å². The molecule has 0 atom stereocenters. The van der Waals surface area contributed by atoms with Crippen LogP contribution in [0.5, 0.6) is 0 Å². The molecule has 1 amide bonds. The Morgan fingerprint density at radius 3 is 2.71 bits per heavy atom. The number of nitrogen functional groups attached to an aromatic ring is 1. The first-order valence-electron chi connectivity index (χ1n) is 7.58. The number of rotatable bonds is 1.